The van der Waals surface area contributed by atoms with Crippen molar-refractivity contribution >= 4 is 40.8 Å². The molecule has 1 aliphatic carbocycles. The Labute approximate surface area is 182 Å². The summed E-state index contributed by atoms with van der Waals surface area (Å²) in [5.74, 6) is 0. The van der Waals surface area contributed by atoms with Gasteiger partial charge in [0.2, 0.25) is 0 Å². The molecule has 0 radical (unpaired) electrons. The summed E-state index contributed by atoms with van der Waals surface area (Å²) in [6.07, 6.45) is 6.41. The molecule has 0 aromatic heterocycles. The summed E-state index contributed by atoms with van der Waals surface area (Å²) in [6.45, 7) is 1.10. The van der Waals surface area contributed by atoms with Crippen molar-refractivity contribution in [3.05, 3.63) is 68.7 Å². The fourth-order valence-electron chi connectivity index (χ4n) is 3.56. The van der Waals surface area contributed by atoms with Crippen LogP contribution < -0.4 is 5.32 Å². The fraction of sp³-hybridized carbons (Fsp3) is 0.409. The van der Waals surface area contributed by atoms with Gasteiger partial charge in [0.1, 0.15) is 0 Å². The molecular formula is C22H25Cl3N2O. The highest BCUT2D eigenvalue weighted by molar-refractivity contribution is 6.35. The number of carbonyl (C=O) groups is 1. The zero-order valence-corrected chi connectivity index (χ0v) is 18.0. The average Bonchev–Trinajstić information content (AvgIpc) is 2.68. The van der Waals surface area contributed by atoms with E-state index in [1.165, 1.54) is 19.3 Å². The molecule has 6 heteroatoms. The van der Waals surface area contributed by atoms with E-state index < -0.39 is 0 Å². The van der Waals surface area contributed by atoms with Crippen LogP contribution in [0.15, 0.2) is 42.5 Å². The summed E-state index contributed by atoms with van der Waals surface area (Å²) in [7, 11) is 0. The Balaban J connectivity index is 1.68. The number of hydrogen-bond acceptors (Lipinski definition) is 1. The van der Waals surface area contributed by atoms with Crippen LogP contribution in [0.4, 0.5) is 4.79 Å². The van der Waals surface area contributed by atoms with Crippen molar-refractivity contribution in [2.45, 2.75) is 51.1 Å². The van der Waals surface area contributed by atoms with E-state index in [4.69, 9.17) is 34.8 Å². The number of carbonyl (C=O) groups excluding carboxylic acids is 1. The summed E-state index contributed by atoms with van der Waals surface area (Å²) >= 11 is 18.3. The Bertz CT molecular complexity index is 789. The van der Waals surface area contributed by atoms with Gasteiger partial charge in [-0.3, -0.25) is 0 Å². The summed E-state index contributed by atoms with van der Waals surface area (Å²) in [6, 6.07) is 13.4. The van der Waals surface area contributed by atoms with Crippen LogP contribution in [0.1, 0.15) is 43.2 Å². The molecule has 0 bridgehead atoms. The van der Waals surface area contributed by atoms with Crippen molar-refractivity contribution in [1.82, 2.24) is 10.2 Å². The number of amides is 2. The van der Waals surface area contributed by atoms with Gasteiger partial charge in [-0.2, -0.15) is 0 Å². The van der Waals surface area contributed by atoms with Crippen LogP contribution in [-0.2, 0) is 13.0 Å². The smallest absolute Gasteiger partial charge is 0.317 e. The Hall–Kier alpha value is -1.42. The molecule has 2 aromatic carbocycles. The molecule has 0 unspecified atom stereocenters. The minimum absolute atomic E-state index is 0.0214. The van der Waals surface area contributed by atoms with E-state index in [1.54, 1.807) is 6.07 Å². The molecule has 1 fully saturated rings. The average molecular weight is 440 g/mol. The summed E-state index contributed by atoms with van der Waals surface area (Å²) in [5, 5.41) is 5.15. The fourth-order valence-corrected chi connectivity index (χ4v) is 4.18. The van der Waals surface area contributed by atoms with Crippen molar-refractivity contribution in [2.75, 3.05) is 6.54 Å². The van der Waals surface area contributed by atoms with E-state index >= 15 is 0 Å². The summed E-state index contributed by atoms with van der Waals surface area (Å²) in [4.78, 5) is 14.8. The maximum Gasteiger partial charge on any atom is 0.317 e. The number of hydrogen-bond donors (Lipinski definition) is 1. The van der Waals surface area contributed by atoms with Gasteiger partial charge in [0.05, 0.1) is 0 Å². The molecule has 0 atom stereocenters. The van der Waals surface area contributed by atoms with E-state index in [1.807, 2.05) is 41.3 Å². The van der Waals surface area contributed by atoms with Crippen molar-refractivity contribution in [1.29, 1.82) is 0 Å². The lowest BCUT2D eigenvalue weighted by Gasteiger charge is -2.28. The lowest BCUT2D eigenvalue weighted by Crippen LogP contribution is -2.45. The third-order valence-corrected chi connectivity index (χ3v) is 6.01. The molecule has 1 aliphatic rings. The van der Waals surface area contributed by atoms with Crippen LogP contribution in [0, 0.1) is 0 Å². The highest BCUT2D eigenvalue weighted by Gasteiger charge is 2.20. The highest BCUT2D eigenvalue weighted by atomic mass is 35.5. The largest absolute Gasteiger partial charge is 0.335 e. The predicted molar refractivity (Wildman–Crippen MR) is 117 cm³/mol. The normalized spacial score (nSPS) is 14.7. The van der Waals surface area contributed by atoms with Gasteiger partial charge in [0.25, 0.3) is 0 Å². The topological polar surface area (TPSA) is 32.3 Å². The number of nitrogens with zero attached hydrogens (tertiary/aromatic N) is 1. The zero-order chi connectivity index (χ0) is 19.9. The van der Waals surface area contributed by atoms with Gasteiger partial charge in [-0.1, -0.05) is 72.3 Å². The number of halogens is 3. The Kier molecular flexibility index (Phi) is 7.90. The molecule has 1 N–H and O–H groups in total. The molecule has 150 valence electrons. The number of urea groups is 1. The van der Waals surface area contributed by atoms with Crippen LogP contribution in [0.5, 0.6) is 0 Å². The lowest BCUT2D eigenvalue weighted by atomic mass is 9.96. The van der Waals surface area contributed by atoms with E-state index in [0.717, 1.165) is 24.0 Å². The first-order valence-corrected chi connectivity index (χ1v) is 10.9. The first kappa shape index (κ1) is 21.3. The Morgan fingerprint density at radius 1 is 0.964 bits per heavy atom. The first-order valence-electron chi connectivity index (χ1n) is 9.75. The van der Waals surface area contributed by atoms with Gasteiger partial charge in [0.15, 0.2) is 0 Å². The molecule has 3 nitrogen and oxygen atoms in total. The quantitative estimate of drug-likeness (QED) is 0.531. The molecule has 2 amide bonds. The molecule has 1 saturated carbocycles. The maximum absolute atomic E-state index is 13.0. The molecule has 0 heterocycles. The highest BCUT2D eigenvalue weighted by Crippen LogP contribution is 2.22. The molecule has 0 spiro atoms. The van der Waals surface area contributed by atoms with Gasteiger partial charge in [-0.15, -0.1) is 0 Å². The van der Waals surface area contributed by atoms with Crippen molar-refractivity contribution in [2.24, 2.45) is 0 Å². The Morgan fingerprint density at radius 2 is 1.64 bits per heavy atom. The van der Waals surface area contributed by atoms with Crippen LogP contribution in [0.25, 0.3) is 0 Å². The van der Waals surface area contributed by atoms with E-state index in [0.29, 0.717) is 34.6 Å². The van der Waals surface area contributed by atoms with Gasteiger partial charge in [-0.05, 0) is 54.7 Å². The lowest BCUT2D eigenvalue weighted by molar-refractivity contribution is 0.188. The molecule has 0 saturated heterocycles. The number of benzene rings is 2. The SMILES string of the molecule is O=C(NC1CCCCC1)N(CCc1ccc(Cl)cc1Cl)Cc1ccc(Cl)cc1. The molecule has 3 rings (SSSR count). The van der Waals surface area contributed by atoms with Crippen molar-refractivity contribution < 1.29 is 4.79 Å². The van der Waals surface area contributed by atoms with Gasteiger partial charge in [0, 0.05) is 34.2 Å². The zero-order valence-electron chi connectivity index (χ0n) is 15.8. The van der Waals surface area contributed by atoms with Crippen molar-refractivity contribution in [3.63, 3.8) is 0 Å². The first-order chi connectivity index (χ1) is 13.5. The second-order valence-corrected chi connectivity index (χ2v) is 8.60. The predicted octanol–water partition coefficient (Wildman–Crippen LogP) is 6.73. The second-order valence-electron chi connectivity index (χ2n) is 7.32. The van der Waals surface area contributed by atoms with Crippen LogP contribution in [0.2, 0.25) is 15.1 Å². The van der Waals surface area contributed by atoms with Gasteiger partial charge in [-0.25, -0.2) is 4.79 Å². The third-order valence-electron chi connectivity index (χ3n) is 5.17. The second kappa shape index (κ2) is 10.4. The third kappa shape index (κ3) is 6.30. The van der Waals surface area contributed by atoms with E-state index in [9.17, 15) is 4.79 Å². The molecular weight excluding hydrogens is 415 g/mol. The Morgan fingerprint density at radius 3 is 2.32 bits per heavy atom. The van der Waals surface area contributed by atoms with E-state index in [-0.39, 0.29) is 12.1 Å². The van der Waals surface area contributed by atoms with Gasteiger partial charge < -0.3 is 10.2 Å². The van der Waals surface area contributed by atoms with Crippen LogP contribution >= 0.6 is 34.8 Å². The van der Waals surface area contributed by atoms with Crippen LogP contribution in [-0.4, -0.2) is 23.5 Å². The summed E-state index contributed by atoms with van der Waals surface area (Å²) < 4.78 is 0. The molecule has 28 heavy (non-hydrogen) atoms. The minimum Gasteiger partial charge on any atom is -0.335 e. The minimum atomic E-state index is -0.0214. The van der Waals surface area contributed by atoms with Crippen molar-refractivity contribution in [3.8, 4) is 0 Å². The monoisotopic (exact) mass is 438 g/mol. The number of rotatable bonds is 6. The number of nitrogens with one attached hydrogen (secondary N) is 1. The van der Waals surface area contributed by atoms with E-state index in [2.05, 4.69) is 5.32 Å². The standard InChI is InChI=1S/C22H25Cl3N2O/c23-18-9-6-16(7-10-18)15-27(22(28)26-20-4-2-1-3-5-20)13-12-17-8-11-19(24)14-21(17)25/h6-11,14,20H,1-5,12-13,15H2,(H,26,28). The molecule has 2 aromatic rings. The summed E-state index contributed by atoms with van der Waals surface area (Å²) in [5.41, 5.74) is 2.03. The van der Waals surface area contributed by atoms with Crippen LogP contribution in [0.3, 0.4) is 0 Å². The molecule has 0 aliphatic heterocycles. The van der Waals surface area contributed by atoms with Gasteiger partial charge >= 0.3 is 6.03 Å². The maximum atomic E-state index is 13.0.